The Kier molecular flexibility index (Phi) is 5.60. The standard InChI is InChI=1S/C10H20N2O4S/c1-8(13)12-17(5,15)7-6-11-9(14)16-10(2,3)4/h6-7H2,1-5H3,(H,11,14). The van der Waals surface area contributed by atoms with E-state index in [0.717, 1.165) is 0 Å². The van der Waals surface area contributed by atoms with Crippen molar-refractivity contribution in [3.8, 4) is 0 Å². The zero-order valence-electron chi connectivity index (χ0n) is 10.9. The molecule has 1 atom stereocenters. The van der Waals surface area contributed by atoms with Crippen molar-refractivity contribution in [2.75, 3.05) is 18.6 Å². The maximum absolute atomic E-state index is 11.7. The molecule has 0 bridgehead atoms. The van der Waals surface area contributed by atoms with Crippen LogP contribution in [0.1, 0.15) is 27.7 Å². The van der Waals surface area contributed by atoms with Gasteiger partial charge < -0.3 is 10.1 Å². The lowest BCUT2D eigenvalue weighted by Crippen LogP contribution is -2.35. The Labute approximate surface area is 102 Å². The summed E-state index contributed by atoms with van der Waals surface area (Å²) in [5.74, 6) is -0.360. The third-order valence-corrected chi connectivity index (χ3v) is 3.08. The van der Waals surface area contributed by atoms with Gasteiger partial charge in [-0.1, -0.05) is 0 Å². The van der Waals surface area contributed by atoms with E-state index < -0.39 is 27.3 Å². The molecule has 0 aromatic heterocycles. The van der Waals surface area contributed by atoms with Crippen LogP contribution in [0.5, 0.6) is 0 Å². The SMILES string of the molecule is CC(=O)N=S(C)(=O)CCNC(=O)OC(C)(C)C. The third kappa shape index (κ3) is 9.80. The summed E-state index contributed by atoms with van der Waals surface area (Å²) < 4.78 is 20.2. The topological polar surface area (TPSA) is 84.8 Å². The molecule has 0 radical (unpaired) electrons. The number of hydrogen-bond donors (Lipinski definition) is 1. The van der Waals surface area contributed by atoms with Gasteiger partial charge in [-0.25, -0.2) is 9.00 Å². The van der Waals surface area contributed by atoms with Gasteiger partial charge in [-0.15, -0.1) is 0 Å². The van der Waals surface area contributed by atoms with E-state index in [1.165, 1.54) is 13.2 Å². The van der Waals surface area contributed by atoms with Crippen LogP contribution in [-0.4, -0.2) is 40.4 Å². The smallest absolute Gasteiger partial charge is 0.407 e. The molecule has 0 aliphatic rings. The van der Waals surface area contributed by atoms with Gasteiger partial charge in [0.2, 0.25) is 0 Å². The summed E-state index contributed by atoms with van der Waals surface area (Å²) in [5, 5.41) is 2.46. The maximum Gasteiger partial charge on any atom is 0.407 e. The van der Waals surface area contributed by atoms with E-state index in [4.69, 9.17) is 4.74 Å². The van der Waals surface area contributed by atoms with Gasteiger partial charge in [0, 0.05) is 25.5 Å². The number of nitrogens with one attached hydrogen (secondary N) is 1. The van der Waals surface area contributed by atoms with Crippen LogP contribution in [0.15, 0.2) is 4.36 Å². The van der Waals surface area contributed by atoms with E-state index in [1.54, 1.807) is 20.8 Å². The summed E-state index contributed by atoms with van der Waals surface area (Å²) in [6.45, 7) is 6.65. The third-order valence-electron chi connectivity index (χ3n) is 1.47. The fourth-order valence-corrected chi connectivity index (χ4v) is 2.09. The van der Waals surface area contributed by atoms with Crippen LogP contribution < -0.4 is 5.32 Å². The van der Waals surface area contributed by atoms with Crippen molar-refractivity contribution >= 4 is 21.7 Å². The fourth-order valence-electron chi connectivity index (χ4n) is 0.974. The van der Waals surface area contributed by atoms with E-state index in [9.17, 15) is 13.8 Å². The number of carbonyl (C=O) groups is 2. The predicted octanol–water partition coefficient (Wildman–Crippen LogP) is 1.16. The second-order valence-electron chi connectivity index (χ2n) is 4.70. The molecule has 100 valence electrons. The van der Waals surface area contributed by atoms with Crippen molar-refractivity contribution in [2.24, 2.45) is 4.36 Å². The molecule has 0 aromatic rings. The molecule has 0 spiro atoms. The lowest BCUT2D eigenvalue weighted by Gasteiger charge is -2.19. The van der Waals surface area contributed by atoms with Crippen molar-refractivity contribution in [2.45, 2.75) is 33.3 Å². The second kappa shape index (κ2) is 6.00. The summed E-state index contributed by atoms with van der Waals surface area (Å²) >= 11 is 0. The largest absolute Gasteiger partial charge is 0.444 e. The van der Waals surface area contributed by atoms with E-state index in [2.05, 4.69) is 9.68 Å². The Balaban J connectivity index is 4.14. The van der Waals surface area contributed by atoms with Gasteiger partial charge in [0.25, 0.3) is 5.91 Å². The van der Waals surface area contributed by atoms with Gasteiger partial charge >= 0.3 is 6.09 Å². The Morgan fingerprint density at radius 2 is 1.88 bits per heavy atom. The molecule has 0 saturated carbocycles. The van der Waals surface area contributed by atoms with Gasteiger partial charge in [0.1, 0.15) is 5.60 Å². The number of alkyl carbamates (subject to hydrolysis) is 1. The number of amides is 2. The van der Waals surface area contributed by atoms with Gasteiger partial charge in [0.05, 0.1) is 9.73 Å². The van der Waals surface area contributed by atoms with E-state index in [0.29, 0.717) is 0 Å². The Hall–Kier alpha value is -1.11. The normalized spacial score (nSPS) is 14.6. The van der Waals surface area contributed by atoms with Crippen molar-refractivity contribution in [3.63, 3.8) is 0 Å². The monoisotopic (exact) mass is 264 g/mol. The minimum atomic E-state index is -2.57. The molecule has 1 N–H and O–H groups in total. The molecule has 0 aromatic carbocycles. The molecule has 0 rings (SSSR count). The second-order valence-corrected chi connectivity index (χ2v) is 7.21. The first-order valence-corrected chi connectivity index (χ1v) is 7.28. The van der Waals surface area contributed by atoms with Gasteiger partial charge in [-0.2, -0.15) is 4.36 Å². The first-order valence-electron chi connectivity index (χ1n) is 5.19. The van der Waals surface area contributed by atoms with E-state index >= 15 is 0 Å². The molecular formula is C10H20N2O4S. The number of rotatable bonds is 3. The fraction of sp³-hybridized carbons (Fsp3) is 0.800. The lowest BCUT2D eigenvalue weighted by atomic mass is 10.2. The lowest BCUT2D eigenvalue weighted by molar-refractivity contribution is -0.115. The van der Waals surface area contributed by atoms with Gasteiger partial charge in [-0.05, 0) is 20.8 Å². The van der Waals surface area contributed by atoms with Crippen molar-refractivity contribution in [3.05, 3.63) is 0 Å². The molecule has 2 amide bonds. The molecule has 6 nitrogen and oxygen atoms in total. The zero-order chi connectivity index (χ0) is 13.7. The quantitative estimate of drug-likeness (QED) is 0.828. The summed E-state index contributed by atoms with van der Waals surface area (Å²) in [5.41, 5.74) is -0.568. The number of ether oxygens (including phenoxy) is 1. The van der Waals surface area contributed by atoms with Crippen molar-refractivity contribution < 1.29 is 18.5 Å². The molecule has 0 aliphatic heterocycles. The Morgan fingerprint density at radius 1 is 1.35 bits per heavy atom. The molecule has 17 heavy (non-hydrogen) atoms. The van der Waals surface area contributed by atoms with E-state index in [1.807, 2.05) is 0 Å². The van der Waals surface area contributed by atoms with Crippen LogP contribution in [-0.2, 0) is 19.3 Å². The van der Waals surface area contributed by atoms with Crippen LogP contribution >= 0.6 is 0 Å². The van der Waals surface area contributed by atoms with Crippen LogP contribution in [0.2, 0.25) is 0 Å². The van der Waals surface area contributed by atoms with Crippen LogP contribution in [0, 0.1) is 0 Å². The molecule has 0 saturated heterocycles. The summed E-state index contributed by atoms with van der Waals surface area (Å²) in [4.78, 5) is 21.9. The highest BCUT2D eigenvalue weighted by molar-refractivity contribution is 7.93. The number of nitrogens with zero attached hydrogens (tertiary/aromatic N) is 1. The average molecular weight is 264 g/mol. The van der Waals surface area contributed by atoms with E-state index in [-0.39, 0.29) is 12.3 Å². The summed E-state index contributed by atoms with van der Waals surface area (Å²) in [6.07, 6.45) is 0.807. The minimum absolute atomic E-state index is 0.117. The molecule has 7 heteroatoms. The average Bonchev–Trinajstić information content (AvgIpc) is 1.95. The van der Waals surface area contributed by atoms with Crippen LogP contribution in [0.25, 0.3) is 0 Å². The zero-order valence-corrected chi connectivity index (χ0v) is 11.7. The van der Waals surface area contributed by atoms with Gasteiger partial charge in [0.15, 0.2) is 0 Å². The van der Waals surface area contributed by atoms with Crippen LogP contribution in [0.4, 0.5) is 4.79 Å². The first kappa shape index (κ1) is 15.9. The summed E-state index contributed by atoms with van der Waals surface area (Å²) in [6, 6.07) is 0. The summed E-state index contributed by atoms with van der Waals surface area (Å²) in [7, 11) is -2.57. The molecular weight excluding hydrogens is 244 g/mol. The maximum atomic E-state index is 11.7. The predicted molar refractivity (Wildman–Crippen MR) is 66.3 cm³/mol. The molecule has 0 heterocycles. The van der Waals surface area contributed by atoms with Crippen molar-refractivity contribution in [1.82, 2.24) is 5.32 Å². The van der Waals surface area contributed by atoms with Crippen molar-refractivity contribution in [1.29, 1.82) is 0 Å². The highest BCUT2D eigenvalue weighted by Gasteiger charge is 2.15. The molecule has 1 unspecified atom stereocenters. The highest BCUT2D eigenvalue weighted by atomic mass is 32.2. The first-order chi connectivity index (χ1) is 7.52. The Morgan fingerprint density at radius 3 is 2.29 bits per heavy atom. The molecule has 0 aliphatic carbocycles. The van der Waals surface area contributed by atoms with Gasteiger partial charge in [-0.3, -0.25) is 4.79 Å². The molecule has 0 fully saturated rings. The van der Waals surface area contributed by atoms with Crippen LogP contribution in [0.3, 0.4) is 0 Å². The minimum Gasteiger partial charge on any atom is -0.444 e. The Bertz CT molecular complexity index is 403. The highest BCUT2D eigenvalue weighted by Crippen LogP contribution is 2.06. The number of carbonyl (C=O) groups excluding carboxylic acids is 2. The number of hydrogen-bond acceptors (Lipinski definition) is 4.